The highest BCUT2D eigenvalue weighted by molar-refractivity contribution is 5.82. The lowest BCUT2D eigenvalue weighted by Crippen LogP contribution is -2.33. The summed E-state index contributed by atoms with van der Waals surface area (Å²) in [6.45, 7) is 7.90. The molecule has 0 saturated carbocycles. The zero-order valence-corrected chi connectivity index (χ0v) is 14.4. The molecule has 0 spiro atoms. The minimum atomic E-state index is -0.659. The van der Waals surface area contributed by atoms with Crippen molar-refractivity contribution in [3.8, 4) is 0 Å². The largest absolute Gasteiger partial charge is 0.454 e. The molecule has 0 heterocycles. The Balaban J connectivity index is 2.28. The molecule has 0 aliphatic rings. The maximum absolute atomic E-state index is 11.8. The van der Waals surface area contributed by atoms with E-state index in [0.29, 0.717) is 12.5 Å². The number of amides is 1. The summed E-state index contributed by atoms with van der Waals surface area (Å²) in [6, 6.07) is 9.47. The van der Waals surface area contributed by atoms with Crippen LogP contribution in [0, 0.1) is 5.92 Å². The lowest BCUT2D eigenvalue weighted by Gasteiger charge is -2.16. The highest BCUT2D eigenvalue weighted by atomic mass is 16.6. The Kier molecular flexibility index (Phi) is 8.33. The van der Waals surface area contributed by atoms with E-state index in [-0.39, 0.29) is 18.6 Å². The summed E-state index contributed by atoms with van der Waals surface area (Å²) in [5, 5.41) is 2.79. The monoisotopic (exact) mass is 321 g/mol. The van der Waals surface area contributed by atoms with Gasteiger partial charge >= 0.3 is 5.97 Å². The van der Waals surface area contributed by atoms with Crippen LogP contribution in [0.25, 0.3) is 0 Å². The molecule has 0 aliphatic carbocycles. The molecule has 1 rings (SSSR count). The van der Waals surface area contributed by atoms with Gasteiger partial charge in [0.05, 0.1) is 6.04 Å². The molecule has 0 aliphatic heterocycles. The fourth-order valence-electron chi connectivity index (χ4n) is 1.91. The Morgan fingerprint density at radius 1 is 1.09 bits per heavy atom. The Morgan fingerprint density at radius 3 is 2.35 bits per heavy atom. The fourth-order valence-corrected chi connectivity index (χ4v) is 1.91. The van der Waals surface area contributed by atoms with Gasteiger partial charge in [0.2, 0.25) is 0 Å². The summed E-state index contributed by atoms with van der Waals surface area (Å²) in [6.07, 6.45) is 0.222. The van der Waals surface area contributed by atoms with Crippen LogP contribution in [0.15, 0.2) is 30.3 Å². The fraction of sp³-hybridized carbons (Fsp3) is 0.556. The molecule has 1 aromatic rings. The molecule has 0 aromatic heterocycles. The van der Waals surface area contributed by atoms with Gasteiger partial charge in [-0.15, -0.1) is 0 Å². The molecule has 5 heteroatoms. The summed E-state index contributed by atoms with van der Waals surface area (Å²) in [7, 11) is 0. The first-order valence-corrected chi connectivity index (χ1v) is 8.02. The van der Waals surface area contributed by atoms with Crippen LogP contribution in [0.2, 0.25) is 0 Å². The van der Waals surface area contributed by atoms with Gasteiger partial charge in [0, 0.05) is 6.61 Å². The van der Waals surface area contributed by atoms with E-state index in [2.05, 4.69) is 19.2 Å². The molecule has 5 nitrogen and oxygen atoms in total. The Labute approximate surface area is 138 Å². The third-order valence-electron chi connectivity index (χ3n) is 3.42. The predicted octanol–water partition coefficient (Wildman–Crippen LogP) is 2.86. The second-order valence-corrected chi connectivity index (χ2v) is 6.00. The van der Waals surface area contributed by atoms with Crippen LogP contribution in [-0.2, 0) is 19.1 Å². The second kappa shape index (κ2) is 10.0. The topological polar surface area (TPSA) is 64.6 Å². The first-order valence-electron chi connectivity index (χ1n) is 8.02. The molecular weight excluding hydrogens is 294 g/mol. The van der Waals surface area contributed by atoms with Gasteiger partial charge in [-0.3, -0.25) is 4.79 Å². The Morgan fingerprint density at radius 2 is 1.74 bits per heavy atom. The summed E-state index contributed by atoms with van der Waals surface area (Å²) in [4.78, 5) is 23.6. The van der Waals surface area contributed by atoms with Crippen molar-refractivity contribution in [1.82, 2.24) is 5.32 Å². The van der Waals surface area contributed by atoms with Gasteiger partial charge in [0.15, 0.2) is 12.7 Å². The summed E-state index contributed by atoms with van der Waals surface area (Å²) < 4.78 is 10.4. The highest BCUT2D eigenvalue weighted by Gasteiger charge is 2.17. The van der Waals surface area contributed by atoms with Gasteiger partial charge in [-0.1, -0.05) is 44.2 Å². The highest BCUT2D eigenvalue weighted by Crippen LogP contribution is 2.10. The smallest absolute Gasteiger partial charge is 0.335 e. The van der Waals surface area contributed by atoms with Crippen molar-refractivity contribution in [3.63, 3.8) is 0 Å². The Bertz CT molecular complexity index is 487. The lowest BCUT2D eigenvalue weighted by molar-refractivity contribution is -0.159. The molecule has 1 amide bonds. The maximum Gasteiger partial charge on any atom is 0.335 e. The number of carbonyl (C=O) groups excluding carboxylic acids is 2. The van der Waals surface area contributed by atoms with Gasteiger partial charge in [0.1, 0.15) is 0 Å². The SMILES string of the molecule is CC(C)CCOC(C)C(=O)OCC(=O)NC(C)c1ccccc1. The van der Waals surface area contributed by atoms with E-state index in [1.165, 1.54) is 0 Å². The number of hydrogen-bond acceptors (Lipinski definition) is 4. The first kappa shape index (κ1) is 19.2. The number of esters is 1. The third-order valence-corrected chi connectivity index (χ3v) is 3.42. The van der Waals surface area contributed by atoms with E-state index >= 15 is 0 Å². The average molecular weight is 321 g/mol. The van der Waals surface area contributed by atoms with Crippen LogP contribution >= 0.6 is 0 Å². The molecule has 2 unspecified atom stereocenters. The average Bonchev–Trinajstić information content (AvgIpc) is 2.52. The zero-order chi connectivity index (χ0) is 17.2. The second-order valence-electron chi connectivity index (χ2n) is 6.00. The van der Waals surface area contributed by atoms with Gasteiger partial charge in [-0.2, -0.15) is 0 Å². The molecule has 0 fully saturated rings. The number of benzene rings is 1. The van der Waals surface area contributed by atoms with Crippen molar-refractivity contribution in [2.24, 2.45) is 5.92 Å². The van der Waals surface area contributed by atoms with Crippen LogP contribution in [0.4, 0.5) is 0 Å². The maximum atomic E-state index is 11.8. The van der Waals surface area contributed by atoms with Crippen molar-refractivity contribution in [3.05, 3.63) is 35.9 Å². The van der Waals surface area contributed by atoms with Crippen molar-refractivity contribution in [2.75, 3.05) is 13.2 Å². The van der Waals surface area contributed by atoms with Crippen molar-refractivity contribution in [2.45, 2.75) is 46.3 Å². The van der Waals surface area contributed by atoms with E-state index in [0.717, 1.165) is 12.0 Å². The quantitative estimate of drug-likeness (QED) is 0.710. The number of nitrogens with one attached hydrogen (secondary N) is 1. The van der Waals surface area contributed by atoms with Crippen molar-refractivity contribution < 1.29 is 19.1 Å². The molecule has 1 N–H and O–H groups in total. The van der Waals surface area contributed by atoms with Gasteiger partial charge in [-0.05, 0) is 31.7 Å². The van der Waals surface area contributed by atoms with Crippen molar-refractivity contribution >= 4 is 11.9 Å². The minimum absolute atomic E-state index is 0.137. The summed E-state index contributed by atoms with van der Waals surface area (Å²) >= 11 is 0. The summed E-state index contributed by atoms with van der Waals surface area (Å²) in [5.74, 6) is -0.330. The first-order chi connectivity index (χ1) is 10.9. The van der Waals surface area contributed by atoms with Crippen LogP contribution in [0.1, 0.15) is 45.7 Å². The molecule has 0 saturated heterocycles. The molecular formula is C18H27NO4. The molecule has 2 atom stereocenters. The summed E-state index contributed by atoms with van der Waals surface area (Å²) in [5.41, 5.74) is 0.998. The Hall–Kier alpha value is -1.88. The molecule has 1 aromatic carbocycles. The standard InChI is InChI=1S/C18H27NO4/c1-13(2)10-11-22-15(4)18(21)23-12-17(20)19-14(3)16-8-6-5-7-9-16/h5-9,13-15H,10-12H2,1-4H3,(H,19,20). The van der Waals surface area contributed by atoms with Crippen LogP contribution in [0.3, 0.4) is 0 Å². The van der Waals surface area contributed by atoms with Crippen LogP contribution in [-0.4, -0.2) is 31.2 Å². The molecule has 0 radical (unpaired) electrons. The van der Waals surface area contributed by atoms with E-state index in [4.69, 9.17) is 9.47 Å². The predicted molar refractivity (Wildman–Crippen MR) is 88.8 cm³/mol. The minimum Gasteiger partial charge on any atom is -0.454 e. The zero-order valence-electron chi connectivity index (χ0n) is 14.4. The lowest BCUT2D eigenvalue weighted by atomic mass is 10.1. The van der Waals surface area contributed by atoms with E-state index in [1.54, 1.807) is 6.92 Å². The van der Waals surface area contributed by atoms with Crippen molar-refractivity contribution in [1.29, 1.82) is 0 Å². The van der Waals surface area contributed by atoms with Gasteiger partial charge in [-0.25, -0.2) is 4.79 Å². The van der Waals surface area contributed by atoms with Crippen LogP contribution < -0.4 is 5.32 Å². The molecule has 128 valence electrons. The number of ether oxygens (including phenoxy) is 2. The van der Waals surface area contributed by atoms with Gasteiger partial charge in [0.25, 0.3) is 5.91 Å². The molecule has 0 bridgehead atoms. The third kappa shape index (κ3) is 7.79. The molecule has 23 heavy (non-hydrogen) atoms. The van der Waals surface area contributed by atoms with E-state index in [9.17, 15) is 9.59 Å². The van der Waals surface area contributed by atoms with Crippen LogP contribution in [0.5, 0.6) is 0 Å². The normalized spacial score (nSPS) is 13.4. The number of hydrogen-bond donors (Lipinski definition) is 1. The number of carbonyl (C=O) groups is 2. The van der Waals surface area contributed by atoms with Gasteiger partial charge < -0.3 is 14.8 Å². The number of rotatable bonds is 9. The van der Waals surface area contributed by atoms with E-state index in [1.807, 2.05) is 37.3 Å². The van der Waals surface area contributed by atoms with E-state index < -0.39 is 12.1 Å².